The summed E-state index contributed by atoms with van der Waals surface area (Å²) in [5, 5.41) is 17.8. The highest BCUT2D eigenvalue weighted by atomic mass is 16.6. The lowest BCUT2D eigenvalue weighted by Gasteiger charge is -2.23. The zero-order chi connectivity index (χ0) is 37.7. The van der Waals surface area contributed by atoms with Gasteiger partial charge in [0.05, 0.1) is 90.8 Å². The molecule has 4 unspecified atom stereocenters. The van der Waals surface area contributed by atoms with Crippen LogP contribution < -0.4 is 9.47 Å². The Kier molecular flexibility index (Phi) is 31.4. The molecule has 12 heteroatoms. The minimum atomic E-state index is -0.249. The summed E-state index contributed by atoms with van der Waals surface area (Å²) in [5.41, 5.74) is 0. The molecule has 0 saturated carbocycles. The van der Waals surface area contributed by atoms with Gasteiger partial charge in [0.1, 0.15) is 36.9 Å². The molecule has 0 radical (unpaired) electrons. The second kappa shape index (κ2) is 34.9. The van der Waals surface area contributed by atoms with Crippen molar-refractivity contribution in [3.8, 4) is 11.5 Å². The average Bonchev–Trinajstić information content (AvgIpc) is 3.17. The molecule has 0 saturated heterocycles. The first-order valence-corrected chi connectivity index (χ1v) is 18.2. The van der Waals surface area contributed by atoms with E-state index in [1.54, 1.807) is 0 Å². The fourth-order valence-corrected chi connectivity index (χ4v) is 4.31. The van der Waals surface area contributed by atoms with Crippen LogP contribution in [-0.4, -0.2) is 127 Å². The molecule has 2 aromatic carbocycles. The van der Waals surface area contributed by atoms with Gasteiger partial charge in [-0.15, -0.1) is 0 Å². The third kappa shape index (κ3) is 28.4. The van der Waals surface area contributed by atoms with E-state index in [0.29, 0.717) is 66.1 Å². The van der Waals surface area contributed by atoms with Crippen molar-refractivity contribution >= 4 is 0 Å². The average molecular weight is 737 g/mol. The van der Waals surface area contributed by atoms with Crippen molar-refractivity contribution in [1.29, 1.82) is 0 Å². The minimum absolute atomic E-state index is 0.0134. The summed E-state index contributed by atoms with van der Waals surface area (Å²) >= 11 is 0. The molecule has 2 rings (SSSR count). The van der Waals surface area contributed by atoms with Gasteiger partial charge in [-0.1, -0.05) is 49.6 Å². The Balaban J connectivity index is 0.000000520. The Hall–Kier alpha value is -3.20. The number of aliphatic hydroxyl groups is 2. The van der Waals surface area contributed by atoms with Gasteiger partial charge in [0, 0.05) is 13.2 Å². The number of aliphatic hydroxyl groups excluding tert-OH is 2. The highest BCUT2D eigenvalue weighted by molar-refractivity contribution is 5.21. The van der Waals surface area contributed by atoms with Crippen LogP contribution in [0.5, 0.6) is 11.5 Å². The quantitative estimate of drug-likeness (QED) is 0.0684. The first kappa shape index (κ1) is 46.8. The van der Waals surface area contributed by atoms with E-state index in [1.807, 2.05) is 74.5 Å². The third-order valence-electron chi connectivity index (χ3n) is 6.88. The molecule has 296 valence electrons. The number of ether oxygens (including phenoxy) is 10. The lowest BCUT2D eigenvalue weighted by atomic mass is 10.3. The molecule has 0 aliphatic rings. The third-order valence-corrected chi connectivity index (χ3v) is 6.88. The van der Waals surface area contributed by atoms with Gasteiger partial charge < -0.3 is 57.6 Å². The molecule has 0 amide bonds. The van der Waals surface area contributed by atoms with Gasteiger partial charge in [0.15, 0.2) is 0 Å². The Morgan fingerprint density at radius 1 is 0.519 bits per heavy atom. The Labute approximate surface area is 311 Å². The molecule has 0 spiro atoms. The predicted molar refractivity (Wildman–Crippen MR) is 201 cm³/mol. The van der Waals surface area contributed by atoms with Gasteiger partial charge in [-0.05, 0) is 63.8 Å². The summed E-state index contributed by atoms with van der Waals surface area (Å²) in [7, 11) is 0. The molecular weight excluding hydrogens is 672 g/mol. The van der Waals surface area contributed by atoms with Crippen LogP contribution in [-0.2, 0) is 37.9 Å². The van der Waals surface area contributed by atoms with Crippen molar-refractivity contribution in [2.75, 3.05) is 92.5 Å². The Bertz CT molecular complexity index is 1050. The molecule has 0 heterocycles. The molecule has 0 aliphatic carbocycles. The highest BCUT2D eigenvalue weighted by Gasteiger charge is 2.16. The van der Waals surface area contributed by atoms with Gasteiger partial charge in [0.2, 0.25) is 0 Å². The summed E-state index contributed by atoms with van der Waals surface area (Å²) < 4.78 is 55.5. The molecule has 0 aromatic heterocycles. The summed E-state index contributed by atoms with van der Waals surface area (Å²) in [5.74, 6) is 1.57. The maximum Gasteiger partial charge on any atom is 0.119 e. The number of para-hydroxylation sites is 2. The van der Waals surface area contributed by atoms with E-state index in [1.165, 1.54) is 12.5 Å². The number of rotatable bonds is 34. The van der Waals surface area contributed by atoms with E-state index in [0.717, 1.165) is 37.2 Å². The van der Waals surface area contributed by atoms with Gasteiger partial charge >= 0.3 is 0 Å². The van der Waals surface area contributed by atoms with Crippen LogP contribution in [0.3, 0.4) is 0 Å². The minimum Gasteiger partial charge on any atom is -0.502 e. The highest BCUT2D eigenvalue weighted by Crippen LogP contribution is 2.12. The van der Waals surface area contributed by atoms with Gasteiger partial charge in [-0.2, -0.15) is 0 Å². The first-order chi connectivity index (χ1) is 25.5. The zero-order valence-corrected chi connectivity index (χ0v) is 31.4. The second-order valence-electron chi connectivity index (χ2n) is 11.6. The molecular formula is C40H64O12. The van der Waals surface area contributed by atoms with Crippen LogP contribution in [0, 0.1) is 0 Å². The molecule has 0 bridgehead atoms. The van der Waals surface area contributed by atoms with E-state index < -0.39 is 0 Å². The summed E-state index contributed by atoms with van der Waals surface area (Å²) in [6.07, 6.45) is 6.04. The Morgan fingerprint density at radius 3 is 1.52 bits per heavy atom. The maximum atomic E-state index is 8.96. The van der Waals surface area contributed by atoms with Crippen molar-refractivity contribution in [2.45, 2.75) is 63.9 Å². The van der Waals surface area contributed by atoms with Crippen molar-refractivity contribution < 1.29 is 57.6 Å². The fourth-order valence-electron chi connectivity index (χ4n) is 4.31. The maximum absolute atomic E-state index is 8.96. The topological polar surface area (TPSA) is 133 Å². The smallest absolute Gasteiger partial charge is 0.119 e. The summed E-state index contributed by atoms with van der Waals surface area (Å²) in [6.45, 7) is 16.6. The standard InChI is InChI=1S/2C20H32O6/c1-3-22-12-7-8-13-23-15-18(2)25-16-20(24-14-11-21)17-26-19-9-5-4-6-10-19;1-3-22-12-7-8-13-23-15-18(2)26-20(16-24-14-11-21)17-25-19-9-5-4-6-10-19/h2*3-6,9-10,18,20-21H,1,7-8,11-17H2,2H3. The number of hydrogen-bond donors (Lipinski definition) is 2. The van der Waals surface area contributed by atoms with E-state index >= 15 is 0 Å². The monoisotopic (exact) mass is 736 g/mol. The van der Waals surface area contributed by atoms with Crippen LogP contribution in [0.15, 0.2) is 86.3 Å². The summed E-state index contributed by atoms with van der Waals surface area (Å²) in [6, 6.07) is 19.1. The SMILES string of the molecule is C=COCCCCOCC(C)OC(COCCO)COc1ccccc1.C=COCCCCOCC(C)OCC(COc1ccccc1)OCCO. The normalized spacial score (nSPS) is 13.2. The number of hydrogen-bond acceptors (Lipinski definition) is 12. The van der Waals surface area contributed by atoms with Crippen molar-refractivity contribution in [1.82, 2.24) is 0 Å². The van der Waals surface area contributed by atoms with Crippen LogP contribution in [0.4, 0.5) is 0 Å². The van der Waals surface area contributed by atoms with Gasteiger partial charge in [-0.25, -0.2) is 0 Å². The van der Waals surface area contributed by atoms with Crippen LogP contribution in [0.25, 0.3) is 0 Å². The largest absolute Gasteiger partial charge is 0.502 e. The van der Waals surface area contributed by atoms with Crippen LogP contribution in [0.1, 0.15) is 39.5 Å². The molecule has 2 N–H and O–H groups in total. The molecule has 52 heavy (non-hydrogen) atoms. The fraction of sp³-hybridized carbons (Fsp3) is 0.600. The van der Waals surface area contributed by atoms with Crippen molar-refractivity contribution in [3.63, 3.8) is 0 Å². The molecule has 2 aromatic rings. The van der Waals surface area contributed by atoms with Crippen LogP contribution >= 0.6 is 0 Å². The lowest BCUT2D eigenvalue weighted by molar-refractivity contribution is -0.0935. The number of benzene rings is 2. The second-order valence-corrected chi connectivity index (χ2v) is 11.6. The molecule has 4 atom stereocenters. The van der Waals surface area contributed by atoms with E-state index in [9.17, 15) is 0 Å². The predicted octanol–water partition coefficient (Wildman–Crippen LogP) is 5.61. The van der Waals surface area contributed by atoms with E-state index in [-0.39, 0.29) is 50.8 Å². The van der Waals surface area contributed by atoms with E-state index in [2.05, 4.69) is 13.2 Å². The van der Waals surface area contributed by atoms with E-state index in [4.69, 9.17) is 57.6 Å². The molecule has 0 fully saturated rings. The van der Waals surface area contributed by atoms with Crippen molar-refractivity contribution in [3.05, 3.63) is 86.3 Å². The molecule has 12 nitrogen and oxygen atoms in total. The number of unbranched alkanes of at least 4 members (excludes halogenated alkanes) is 2. The van der Waals surface area contributed by atoms with Gasteiger partial charge in [-0.3, -0.25) is 0 Å². The molecule has 0 aliphatic heterocycles. The van der Waals surface area contributed by atoms with Crippen LogP contribution in [0.2, 0.25) is 0 Å². The van der Waals surface area contributed by atoms with Crippen molar-refractivity contribution in [2.24, 2.45) is 0 Å². The first-order valence-electron chi connectivity index (χ1n) is 18.2. The lowest BCUT2D eigenvalue weighted by Crippen LogP contribution is -2.33. The van der Waals surface area contributed by atoms with Gasteiger partial charge in [0.25, 0.3) is 0 Å². The Morgan fingerprint density at radius 2 is 1.00 bits per heavy atom. The zero-order valence-electron chi connectivity index (χ0n) is 31.4. The summed E-state index contributed by atoms with van der Waals surface area (Å²) in [4.78, 5) is 0.